The number of aliphatic hydroxyl groups is 2. The lowest BCUT2D eigenvalue weighted by molar-refractivity contribution is -0.565. The second kappa shape index (κ2) is 5.40. The molecule has 2 aromatic heterocycles. The molecule has 0 bridgehead atoms. The Labute approximate surface area is 158 Å². The average molecular weight is 380 g/mol. The largest absolute Gasteiger partial charge is 0.618 e. The van der Waals surface area contributed by atoms with Gasteiger partial charge in [-0.3, -0.25) is 9.36 Å². The average Bonchev–Trinajstić information content (AvgIpc) is 2.98. The zero-order valence-corrected chi connectivity index (χ0v) is 14.9. The minimum Gasteiger partial charge on any atom is -0.618 e. The van der Waals surface area contributed by atoms with Gasteiger partial charge >= 0.3 is 5.97 Å². The highest BCUT2D eigenvalue weighted by Gasteiger charge is 2.47. The number of aromatic nitrogens is 2. The molecule has 0 saturated carbocycles. The van der Waals surface area contributed by atoms with Crippen molar-refractivity contribution in [1.82, 2.24) is 4.57 Å². The molecule has 2 aliphatic rings. The van der Waals surface area contributed by atoms with Crippen molar-refractivity contribution in [3.8, 4) is 11.4 Å². The zero-order valence-electron chi connectivity index (χ0n) is 14.9. The molecule has 142 valence electrons. The quantitative estimate of drug-likeness (QED) is 0.367. The Balaban J connectivity index is 1.89. The van der Waals surface area contributed by atoms with Gasteiger partial charge in [0.15, 0.2) is 11.8 Å². The molecule has 2 aliphatic heterocycles. The van der Waals surface area contributed by atoms with Gasteiger partial charge in [-0.05, 0) is 24.6 Å². The number of benzene rings is 1. The van der Waals surface area contributed by atoms with Crippen LogP contribution in [0.25, 0.3) is 22.3 Å². The molecule has 8 nitrogen and oxygen atoms in total. The number of rotatable bonds is 1. The van der Waals surface area contributed by atoms with Crippen LogP contribution in [-0.4, -0.2) is 20.7 Å². The summed E-state index contributed by atoms with van der Waals surface area (Å²) in [6, 6.07) is 10.0. The Morgan fingerprint density at radius 2 is 2.07 bits per heavy atom. The zero-order chi connectivity index (χ0) is 19.8. The highest BCUT2D eigenvalue weighted by molar-refractivity contribution is 5.84. The lowest BCUT2D eigenvalue weighted by Gasteiger charge is -2.31. The number of para-hydroxylation sites is 1. The monoisotopic (exact) mass is 380 g/mol. The van der Waals surface area contributed by atoms with Crippen LogP contribution in [0, 0.1) is 5.21 Å². The number of pyridine rings is 2. The van der Waals surface area contributed by atoms with E-state index in [1.165, 1.54) is 6.07 Å². The Hall–Kier alpha value is -3.23. The molecule has 0 spiro atoms. The molecular formula is C20H16N2O6. The Morgan fingerprint density at radius 1 is 1.32 bits per heavy atom. The third-order valence-corrected chi connectivity index (χ3v) is 5.69. The van der Waals surface area contributed by atoms with E-state index in [1.807, 2.05) is 0 Å². The second-order valence-electron chi connectivity index (χ2n) is 7.06. The molecule has 0 amide bonds. The van der Waals surface area contributed by atoms with Gasteiger partial charge in [0.05, 0.1) is 11.1 Å². The number of hydrogen-bond donors (Lipinski definition) is 2. The van der Waals surface area contributed by atoms with Crippen LogP contribution in [0.1, 0.15) is 36.3 Å². The van der Waals surface area contributed by atoms with E-state index < -0.39 is 23.4 Å². The van der Waals surface area contributed by atoms with Crippen molar-refractivity contribution in [3.63, 3.8) is 0 Å². The highest BCUT2D eigenvalue weighted by atomic mass is 16.6. The van der Waals surface area contributed by atoms with E-state index in [9.17, 15) is 25.0 Å². The van der Waals surface area contributed by atoms with Crippen molar-refractivity contribution in [2.24, 2.45) is 0 Å². The summed E-state index contributed by atoms with van der Waals surface area (Å²) in [5.41, 5.74) is -1.38. The summed E-state index contributed by atoms with van der Waals surface area (Å²) in [6.45, 7) is 1.31. The Morgan fingerprint density at radius 3 is 2.82 bits per heavy atom. The maximum atomic E-state index is 13.1. The predicted octanol–water partition coefficient (Wildman–Crippen LogP) is 0.809. The number of carbonyl (C=O) groups excluding carboxylic acids is 1. The number of esters is 1. The number of ether oxygens (including phenoxy) is 1. The Bertz CT molecular complexity index is 1250. The summed E-state index contributed by atoms with van der Waals surface area (Å²) in [5, 5.41) is 35.3. The smallest absolute Gasteiger partial charge is 0.343 e. The van der Waals surface area contributed by atoms with Crippen molar-refractivity contribution in [2.75, 3.05) is 0 Å². The minimum atomic E-state index is -1.97. The molecule has 2 N–H and O–H groups in total. The van der Waals surface area contributed by atoms with Gasteiger partial charge in [0, 0.05) is 17.0 Å². The summed E-state index contributed by atoms with van der Waals surface area (Å²) in [5.74, 6) is -0.834. The summed E-state index contributed by atoms with van der Waals surface area (Å²) < 4.78 is 6.77. The van der Waals surface area contributed by atoms with Crippen LogP contribution in [0.15, 0.2) is 41.2 Å². The third kappa shape index (κ3) is 1.88. The van der Waals surface area contributed by atoms with Crippen LogP contribution >= 0.6 is 0 Å². The van der Waals surface area contributed by atoms with Gasteiger partial charge in [-0.2, -0.15) is 4.73 Å². The first kappa shape index (κ1) is 16.9. The molecule has 4 heterocycles. The fourth-order valence-corrected chi connectivity index (χ4v) is 4.15. The third-order valence-electron chi connectivity index (χ3n) is 5.69. The summed E-state index contributed by atoms with van der Waals surface area (Å²) >= 11 is 0. The van der Waals surface area contributed by atoms with Crippen molar-refractivity contribution < 1.29 is 24.5 Å². The summed E-state index contributed by atoms with van der Waals surface area (Å²) in [7, 11) is 0. The van der Waals surface area contributed by atoms with Crippen LogP contribution in [0.2, 0.25) is 0 Å². The van der Waals surface area contributed by atoms with Crippen LogP contribution in [0.3, 0.4) is 0 Å². The molecule has 28 heavy (non-hydrogen) atoms. The normalized spacial score (nSPS) is 22.5. The maximum Gasteiger partial charge on any atom is 0.343 e. The van der Waals surface area contributed by atoms with Crippen molar-refractivity contribution in [2.45, 2.75) is 31.8 Å². The van der Waals surface area contributed by atoms with E-state index in [4.69, 9.17) is 4.74 Å². The van der Waals surface area contributed by atoms with Gasteiger partial charge in [-0.25, -0.2) is 4.79 Å². The number of hydrogen-bond acceptors (Lipinski definition) is 6. The number of aliphatic hydroxyl groups excluding tert-OH is 1. The molecule has 0 fully saturated rings. The van der Waals surface area contributed by atoms with Crippen LogP contribution < -0.4 is 10.3 Å². The van der Waals surface area contributed by atoms with Crippen molar-refractivity contribution >= 4 is 16.9 Å². The highest BCUT2D eigenvalue weighted by Crippen LogP contribution is 2.40. The number of cyclic esters (lactones) is 1. The minimum absolute atomic E-state index is 0.00618. The van der Waals surface area contributed by atoms with E-state index in [1.54, 1.807) is 37.3 Å². The number of fused-ring (bicyclic) bond motifs is 5. The summed E-state index contributed by atoms with van der Waals surface area (Å²) in [6.07, 6.45) is -1.34. The van der Waals surface area contributed by atoms with Crippen molar-refractivity contribution in [1.29, 1.82) is 0 Å². The summed E-state index contributed by atoms with van der Waals surface area (Å²) in [4.78, 5) is 25.3. The molecule has 2 atom stereocenters. The van der Waals surface area contributed by atoms with Gasteiger partial charge in [0.1, 0.15) is 12.3 Å². The van der Waals surface area contributed by atoms with E-state index in [0.29, 0.717) is 21.2 Å². The van der Waals surface area contributed by atoms with E-state index in [0.717, 1.165) is 4.57 Å². The lowest BCUT2D eigenvalue weighted by Crippen LogP contribution is -2.44. The maximum absolute atomic E-state index is 13.1. The number of nitrogens with zero attached hydrogens (tertiary/aromatic N) is 2. The molecule has 5 rings (SSSR count). The van der Waals surface area contributed by atoms with Crippen molar-refractivity contribution in [3.05, 3.63) is 68.6 Å². The first-order valence-corrected chi connectivity index (χ1v) is 8.90. The van der Waals surface area contributed by atoms with E-state index in [2.05, 4.69) is 0 Å². The molecule has 1 unspecified atom stereocenters. The van der Waals surface area contributed by atoms with Crippen LogP contribution in [0.4, 0.5) is 0 Å². The SMILES string of the molecule is CC[C@@]1(O)C(=O)OCc2c1cc1n(c2=O)C(O)c2cc3ccccc3[n+]([O-])c2-1. The fourth-order valence-electron chi connectivity index (χ4n) is 4.15. The van der Waals surface area contributed by atoms with Crippen LogP contribution in [-0.2, 0) is 21.7 Å². The molecule has 8 heteroatoms. The topological polar surface area (TPSA) is 116 Å². The molecule has 0 saturated heterocycles. The fraction of sp³-hybridized carbons (Fsp3) is 0.250. The first-order chi connectivity index (χ1) is 13.4. The Kier molecular flexibility index (Phi) is 3.26. The molecule has 1 aromatic carbocycles. The number of carbonyl (C=O) groups is 1. The molecular weight excluding hydrogens is 364 g/mol. The van der Waals surface area contributed by atoms with Gasteiger partial charge in [-0.1, -0.05) is 19.1 Å². The van der Waals surface area contributed by atoms with Crippen LogP contribution in [0.5, 0.6) is 0 Å². The molecule has 3 aromatic rings. The standard InChI is InChI=1S/C20H16N2O6/c1-2-20(26)13-8-15-16-11(7-10-5-3-4-6-14(10)22(16)27)17(23)21(15)18(24)12(13)9-28-19(20)25/h3-8,17,23,26H,2,9H2,1H3/t17?,20-/m0/s1. The van der Waals surface area contributed by atoms with Gasteiger partial charge in [0.2, 0.25) is 11.2 Å². The first-order valence-electron chi connectivity index (χ1n) is 8.90. The van der Waals surface area contributed by atoms with Gasteiger partial charge < -0.3 is 20.2 Å². The molecule has 0 radical (unpaired) electrons. The predicted molar refractivity (Wildman–Crippen MR) is 96.9 cm³/mol. The second-order valence-corrected chi connectivity index (χ2v) is 7.06. The van der Waals surface area contributed by atoms with Gasteiger partial charge in [0.25, 0.3) is 5.56 Å². The lowest BCUT2D eigenvalue weighted by atomic mass is 9.86. The molecule has 0 aliphatic carbocycles. The van der Waals surface area contributed by atoms with E-state index >= 15 is 0 Å². The van der Waals surface area contributed by atoms with E-state index in [-0.39, 0.29) is 35.5 Å². The van der Waals surface area contributed by atoms with Gasteiger partial charge in [-0.15, -0.1) is 0 Å².